The summed E-state index contributed by atoms with van der Waals surface area (Å²) in [4.78, 5) is 0. The zero-order chi connectivity index (χ0) is 4.12. The summed E-state index contributed by atoms with van der Waals surface area (Å²) in [6.07, 6.45) is 0. The van der Waals surface area contributed by atoms with Gasteiger partial charge in [-0.1, -0.05) is 0 Å². The van der Waals surface area contributed by atoms with E-state index in [4.69, 9.17) is 0 Å². The predicted molar refractivity (Wildman–Crippen MR) is 22.1 cm³/mol. The molecule has 1 rings (SSSR count). The van der Waals surface area contributed by atoms with Crippen molar-refractivity contribution in [2.75, 3.05) is 13.2 Å². The molecule has 1 fully saturated rings. The van der Waals surface area contributed by atoms with Crippen molar-refractivity contribution in [3.05, 3.63) is 13.2 Å². The normalized spacial score (nSPS) is 15.2. The van der Waals surface area contributed by atoms with Gasteiger partial charge in [-0.05, 0) is 0 Å². The van der Waals surface area contributed by atoms with Gasteiger partial charge in [0.05, 0.1) is 13.2 Å². The molecule has 0 aliphatic carbocycles. The summed E-state index contributed by atoms with van der Waals surface area (Å²) in [5, 5.41) is 0. The molecule has 0 saturated carbocycles. The number of ether oxygens (including phenoxy) is 1. The van der Waals surface area contributed by atoms with Gasteiger partial charge in [-0.15, -0.1) is 13.2 Å². The van der Waals surface area contributed by atoms with Crippen LogP contribution in [0.4, 0.5) is 0 Å². The van der Waals surface area contributed by atoms with Crippen molar-refractivity contribution in [3.8, 4) is 0 Å². The molecule has 0 aromatic heterocycles. The monoisotopic (exact) mass is 72.1 g/mol. The summed E-state index contributed by atoms with van der Waals surface area (Å²) in [5.41, 5.74) is 0. The second kappa shape index (κ2) is 3.70. The Morgan fingerprint density at radius 2 is 1.40 bits per heavy atom. The molecule has 0 radical (unpaired) electrons. The van der Waals surface area contributed by atoms with Crippen molar-refractivity contribution in [3.63, 3.8) is 0 Å². The van der Waals surface area contributed by atoms with E-state index in [1.54, 1.807) is 0 Å². The maximum atomic E-state index is 4.50. The van der Waals surface area contributed by atoms with Crippen LogP contribution in [-0.4, -0.2) is 13.2 Å². The van der Waals surface area contributed by atoms with E-state index in [1.807, 2.05) is 0 Å². The first-order chi connectivity index (χ1) is 2.50. The minimum absolute atomic E-state index is 1.00. The first-order valence-corrected chi connectivity index (χ1v) is 1.58. The zero-order valence-corrected chi connectivity index (χ0v) is 3.24. The van der Waals surface area contributed by atoms with Crippen LogP contribution in [0.25, 0.3) is 0 Å². The molecule has 1 nitrogen and oxygen atoms in total. The fourth-order valence-electron chi connectivity index (χ4n) is 0. The van der Waals surface area contributed by atoms with E-state index in [1.165, 1.54) is 0 Å². The van der Waals surface area contributed by atoms with Gasteiger partial charge >= 0.3 is 0 Å². The summed E-state index contributed by atoms with van der Waals surface area (Å²) in [7, 11) is 0. The Bertz CT molecular complexity index is 14.9. The Kier molecular flexibility index (Phi) is 3.48. The van der Waals surface area contributed by atoms with Gasteiger partial charge in [0.25, 0.3) is 0 Å². The second-order valence-corrected chi connectivity index (χ2v) is 0.612. The fourth-order valence-corrected chi connectivity index (χ4v) is 0. The fraction of sp³-hybridized carbons (Fsp3) is 0.500. The molecule has 0 atom stereocenters. The number of epoxide rings is 1. The summed E-state index contributed by atoms with van der Waals surface area (Å²) in [6, 6.07) is 0. The van der Waals surface area contributed by atoms with E-state index in [0.717, 1.165) is 13.2 Å². The molecule has 0 N–H and O–H groups in total. The standard InChI is InChI=1S/C2H4O.C2H4/c1-2-3-1;1-2/h1-2H2;1-2H2. The van der Waals surface area contributed by atoms with Crippen LogP contribution in [0.1, 0.15) is 0 Å². The SMILES string of the molecule is C1CO1.C=C. The van der Waals surface area contributed by atoms with E-state index in [9.17, 15) is 0 Å². The van der Waals surface area contributed by atoms with Crippen LogP contribution < -0.4 is 0 Å². The molecule has 0 aromatic rings. The molecule has 0 unspecified atom stereocenters. The topological polar surface area (TPSA) is 12.5 Å². The molecule has 0 bridgehead atoms. The molecule has 0 amide bonds. The van der Waals surface area contributed by atoms with Crippen LogP contribution in [0, 0.1) is 0 Å². The van der Waals surface area contributed by atoms with Gasteiger partial charge in [0, 0.05) is 0 Å². The highest BCUT2D eigenvalue weighted by Crippen LogP contribution is 1.84. The van der Waals surface area contributed by atoms with Gasteiger partial charge in [-0.2, -0.15) is 0 Å². The summed E-state index contributed by atoms with van der Waals surface area (Å²) in [5.74, 6) is 0. The lowest BCUT2D eigenvalue weighted by atomic mass is 11.0. The summed E-state index contributed by atoms with van der Waals surface area (Å²) >= 11 is 0. The minimum Gasteiger partial charge on any atom is -0.377 e. The van der Waals surface area contributed by atoms with Crippen molar-refractivity contribution in [2.45, 2.75) is 0 Å². The van der Waals surface area contributed by atoms with Gasteiger partial charge in [0.15, 0.2) is 0 Å². The highest BCUT2D eigenvalue weighted by Gasteiger charge is 1.94. The predicted octanol–water partition coefficient (Wildman–Crippen LogP) is 0.819. The lowest BCUT2D eigenvalue weighted by Crippen LogP contribution is -1.20. The van der Waals surface area contributed by atoms with E-state index >= 15 is 0 Å². The van der Waals surface area contributed by atoms with Gasteiger partial charge in [-0.3, -0.25) is 0 Å². The molecule has 5 heavy (non-hydrogen) atoms. The van der Waals surface area contributed by atoms with Gasteiger partial charge in [-0.25, -0.2) is 0 Å². The van der Waals surface area contributed by atoms with E-state index in [-0.39, 0.29) is 0 Å². The lowest BCUT2D eigenvalue weighted by molar-refractivity contribution is 0.475. The molecule has 1 saturated heterocycles. The Labute approximate surface area is 32.3 Å². The summed E-state index contributed by atoms with van der Waals surface area (Å²) < 4.78 is 4.50. The van der Waals surface area contributed by atoms with Gasteiger partial charge in [0.1, 0.15) is 0 Å². The maximum absolute atomic E-state index is 4.50. The molecular formula is C4H8O. The van der Waals surface area contributed by atoms with Crippen LogP contribution in [0.3, 0.4) is 0 Å². The Morgan fingerprint density at radius 1 is 1.20 bits per heavy atom. The van der Waals surface area contributed by atoms with Crippen LogP contribution in [0.5, 0.6) is 0 Å². The third-order valence-corrected chi connectivity index (χ3v) is 0.204. The third-order valence-electron chi connectivity index (χ3n) is 0.204. The highest BCUT2D eigenvalue weighted by molar-refractivity contribution is 4.36. The van der Waals surface area contributed by atoms with Crippen molar-refractivity contribution in [1.82, 2.24) is 0 Å². The van der Waals surface area contributed by atoms with Crippen LogP contribution in [-0.2, 0) is 4.74 Å². The highest BCUT2D eigenvalue weighted by atomic mass is 16.6. The van der Waals surface area contributed by atoms with Crippen molar-refractivity contribution in [1.29, 1.82) is 0 Å². The largest absolute Gasteiger partial charge is 0.377 e. The molecule has 1 aliphatic rings. The molecule has 1 heteroatoms. The molecule has 0 spiro atoms. The first-order valence-electron chi connectivity index (χ1n) is 1.58. The lowest BCUT2D eigenvalue weighted by Gasteiger charge is -1.24. The smallest absolute Gasteiger partial charge is 0.0701 e. The van der Waals surface area contributed by atoms with Gasteiger partial charge < -0.3 is 4.74 Å². The molecule has 1 aliphatic heterocycles. The molecule has 1 heterocycles. The van der Waals surface area contributed by atoms with Crippen molar-refractivity contribution in [2.24, 2.45) is 0 Å². The van der Waals surface area contributed by atoms with Crippen LogP contribution >= 0.6 is 0 Å². The van der Waals surface area contributed by atoms with Crippen molar-refractivity contribution < 1.29 is 4.74 Å². The molecule has 0 aromatic carbocycles. The maximum Gasteiger partial charge on any atom is 0.0701 e. The number of hydrogen-bond acceptors (Lipinski definition) is 1. The average Bonchev–Trinajstić information content (AvgIpc) is 2.19. The summed E-state index contributed by atoms with van der Waals surface area (Å²) in [6.45, 7) is 8.00. The van der Waals surface area contributed by atoms with E-state index in [2.05, 4.69) is 17.9 Å². The Balaban J connectivity index is 0.0000000733. The average molecular weight is 72.1 g/mol. The number of rotatable bonds is 0. The van der Waals surface area contributed by atoms with E-state index < -0.39 is 0 Å². The second-order valence-electron chi connectivity index (χ2n) is 0.612. The first kappa shape index (κ1) is 4.70. The Morgan fingerprint density at radius 3 is 1.40 bits per heavy atom. The quantitative estimate of drug-likeness (QED) is 0.305. The Hall–Kier alpha value is -0.300. The molecular weight excluding hydrogens is 64.0 g/mol. The minimum atomic E-state index is 1.00. The van der Waals surface area contributed by atoms with Crippen molar-refractivity contribution >= 4 is 0 Å². The van der Waals surface area contributed by atoms with E-state index in [0.29, 0.717) is 0 Å². The number of hydrogen-bond donors (Lipinski definition) is 0. The third kappa shape index (κ3) is 21.8. The van der Waals surface area contributed by atoms with Gasteiger partial charge in [0.2, 0.25) is 0 Å². The van der Waals surface area contributed by atoms with Crippen LogP contribution in [0.15, 0.2) is 13.2 Å². The molecule has 30 valence electrons. The zero-order valence-electron chi connectivity index (χ0n) is 3.24. The van der Waals surface area contributed by atoms with Crippen LogP contribution in [0.2, 0.25) is 0 Å².